The molecule has 0 aromatic carbocycles. The Kier molecular flexibility index (Phi) is 1.26. The number of aldehydes is 1. The van der Waals surface area contributed by atoms with Gasteiger partial charge in [0.1, 0.15) is 6.61 Å². The third kappa shape index (κ3) is 1.31. The lowest BCUT2D eigenvalue weighted by Gasteiger charge is -1.88. The molecule has 1 saturated heterocycles. The van der Waals surface area contributed by atoms with Crippen molar-refractivity contribution in [2.24, 2.45) is 0 Å². The average molecular weight is 116 g/mol. The van der Waals surface area contributed by atoms with Crippen LogP contribution in [0.4, 0.5) is 0 Å². The lowest BCUT2D eigenvalue weighted by molar-refractivity contribution is -0.152. The first kappa shape index (κ1) is 5.24. The molecule has 0 aliphatic carbocycles. The molecule has 0 saturated carbocycles. The molecule has 1 unspecified atom stereocenters. The average Bonchev–Trinajstić information content (AvgIpc) is 2.50. The Morgan fingerprint density at radius 1 is 1.88 bits per heavy atom. The first-order chi connectivity index (χ1) is 3.83. The molecule has 0 N–H and O–H groups in total. The molecule has 0 bridgehead atoms. The van der Waals surface area contributed by atoms with Gasteiger partial charge in [-0.1, -0.05) is 0 Å². The van der Waals surface area contributed by atoms with Gasteiger partial charge in [-0.05, 0) is 0 Å². The number of carbonyl (C=O) groups excluding carboxylic acids is 2. The maximum absolute atomic E-state index is 9.99. The minimum atomic E-state index is -0.868. The lowest BCUT2D eigenvalue weighted by Crippen LogP contribution is -2.06. The molecule has 1 aliphatic heterocycles. The number of epoxide rings is 1. The third-order valence-electron chi connectivity index (χ3n) is 0.647. The van der Waals surface area contributed by atoms with E-state index in [1.165, 1.54) is 0 Å². The van der Waals surface area contributed by atoms with Crippen LogP contribution in [0.1, 0.15) is 0 Å². The van der Waals surface area contributed by atoms with Gasteiger partial charge < -0.3 is 9.47 Å². The summed E-state index contributed by atoms with van der Waals surface area (Å²) in [6, 6.07) is 0. The predicted octanol–water partition coefficient (Wildman–Crippen LogP) is -0.915. The molecule has 44 valence electrons. The molecule has 1 heterocycles. The predicted molar refractivity (Wildman–Crippen MR) is 21.9 cm³/mol. The molecule has 0 radical (unpaired) electrons. The highest BCUT2D eigenvalue weighted by molar-refractivity contribution is 6.20. The zero-order valence-corrected chi connectivity index (χ0v) is 3.99. The Bertz CT molecular complexity index is 115. The number of rotatable bonds is 2. The molecule has 1 atom stereocenters. The third-order valence-corrected chi connectivity index (χ3v) is 0.647. The normalized spacial score (nSPS) is 24.2. The summed E-state index contributed by atoms with van der Waals surface area (Å²) in [6.07, 6.45) is -0.338. The molecule has 4 nitrogen and oxygen atoms in total. The van der Waals surface area contributed by atoms with Gasteiger partial charge in [-0.25, -0.2) is 4.79 Å². The number of carbonyl (C=O) groups is 2. The minimum absolute atomic E-state index is 0.113. The first-order valence-electron chi connectivity index (χ1n) is 2.10. The van der Waals surface area contributed by atoms with Crippen molar-refractivity contribution in [2.75, 3.05) is 6.61 Å². The number of ether oxygens (including phenoxy) is 2. The molecule has 4 heteroatoms. The Morgan fingerprint density at radius 3 is 2.88 bits per heavy atom. The lowest BCUT2D eigenvalue weighted by atomic mass is 10.7. The van der Waals surface area contributed by atoms with E-state index in [4.69, 9.17) is 0 Å². The van der Waals surface area contributed by atoms with Crippen LogP contribution in [0.3, 0.4) is 0 Å². The summed E-state index contributed by atoms with van der Waals surface area (Å²) >= 11 is 0. The van der Waals surface area contributed by atoms with Gasteiger partial charge >= 0.3 is 5.97 Å². The van der Waals surface area contributed by atoms with Gasteiger partial charge in [-0.3, -0.25) is 4.79 Å². The molecule has 1 fully saturated rings. The SMILES string of the molecule is O=CC(=O)OC1CO1. The second kappa shape index (κ2) is 1.92. The summed E-state index contributed by atoms with van der Waals surface area (Å²) in [5.41, 5.74) is 0. The van der Waals surface area contributed by atoms with Crippen molar-refractivity contribution < 1.29 is 19.1 Å². The maximum Gasteiger partial charge on any atom is 0.373 e. The van der Waals surface area contributed by atoms with Gasteiger partial charge in [0.2, 0.25) is 12.6 Å². The molecule has 1 rings (SSSR count). The summed E-state index contributed by atoms with van der Waals surface area (Å²) < 4.78 is 8.76. The van der Waals surface area contributed by atoms with Gasteiger partial charge in [0, 0.05) is 0 Å². The number of hydrogen-bond donors (Lipinski definition) is 0. The highest BCUT2D eigenvalue weighted by Crippen LogP contribution is 2.08. The largest absolute Gasteiger partial charge is 0.428 e. The van der Waals surface area contributed by atoms with Crippen LogP contribution in [0.2, 0.25) is 0 Å². The smallest absolute Gasteiger partial charge is 0.373 e. The van der Waals surface area contributed by atoms with Crippen molar-refractivity contribution in [3.63, 3.8) is 0 Å². The summed E-state index contributed by atoms with van der Waals surface area (Å²) in [5.74, 6) is -0.868. The Hall–Kier alpha value is -0.900. The Labute approximate surface area is 45.4 Å². The van der Waals surface area contributed by atoms with E-state index in [9.17, 15) is 9.59 Å². The van der Waals surface area contributed by atoms with Crippen LogP contribution in [0.25, 0.3) is 0 Å². The summed E-state index contributed by atoms with van der Waals surface area (Å²) in [6.45, 7) is 0.416. The summed E-state index contributed by atoms with van der Waals surface area (Å²) in [4.78, 5) is 19.5. The van der Waals surface area contributed by atoms with Crippen molar-refractivity contribution in [1.82, 2.24) is 0 Å². The van der Waals surface area contributed by atoms with E-state index in [1.54, 1.807) is 0 Å². The maximum atomic E-state index is 9.99. The minimum Gasteiger partial charge on any atom is -0.428 e. The first-order valence-corrected chi connectivity index (χ1v) is 2.10. The van der Waals surface area contributed by atoms with E-state index in [1.807, 2.05) is 0 Å². The Balaban J connectivity index is 2.16. The van der Waals surface area contributed by atoms with E-state index in [2.05, 4.69) is 9.47 Å². The molecule has 1 aliphatic rings. The van der Waals surface area contributed by atoms with E-state index in [-0.39, 0.29) is 6.29 Å². The van der Waals surface area contributed by atoms with Crippen molar-refractivity contribution in [1.29, 1.82) is 0 Å². The van der Waals surface area contributed by atoms with Gasteiger partial charge in [0.25, 0.3) is 0 Å². The quantitative estimate of drug-likeness (QED) is 0.203. The van der Waals surface area contributed by atoms with Gasteiger partial charge in [-0.2, -0.15) is 0 Å². The van der Waals surface area contributed by atoms with Gasteiger partial charge in [-0.15, -0.1) is 0 Å². The van der Waals surface area contributed by atoms with E-state index in [0.29, 0.717) is 6.61 Å². The van der Waals surface area contributed by atoms with E-state index >= 15 is 0 Å². The van der Waals surface area contributed by atoms with Crippen LogP contribution >= 0.6 is 0 Å². The molecule has 8 heavy (non-hydrogen) atoms. The van der Waals surface area contributed by atoms with E-state index in [0.717, 1.165) is 0 Å². The highest BCUT2D eigenvalue weighted by Gasteiger charge is 2.26. The molecule has 0 aromatic rings. The van der Waals surface area contributed by atoms with Crippen molar-refractivity contribution in [2.45, 2.75) is 6.29 Å². The molecular formula is C4H4O4. The molecule has 0 amide bonds. The van der Waals surface area contributed by atoms with Crippen LogP contribution in [0.15, 0.2) is 0 Å². The van der Waals surface area contributed by atoms with E-state index < -0.39 is 12.3 Å². The van der Waals surface area contributed by atoms with Crippen molar-refractivity contribution >= 4 is 12.3 Å². The fourth-order valence-corrected chi connectivity index (χ4v) is 0.265. The summed E-state index contributed by atoms with van der Waals surface area (Å²) in [5, 5.41) is 0. The van der Waals surface area contributed by atoms with Crippen LogP contribution in [-0.4, -0.2) is 25.2 Å². The zero-order valence-electron chi connectivity index (χ0n) is 3.99. The second-order valence-electron chi connectivity index (χ2n) is 1.32. The standard InChI is InChI=1S/C4H4O4/c5-1-3(6)8-4-2-7-4/h1,4H,2H2. The highest BCUT2D eigenvalue weighted by atomic mass is 16.8. The second-order valence-corrected chi connectivity index (χ2v) is 1.32. The van der Waals surface area contributed by atoms with Gasteiger partial charge in [0.05, 0.1) is 0 Å². The van der Waals surface area contributed by atoms with Crippen LogP contribution in [-0.2, 0) is 19.1 Å². The van der Waals surface area contributed by atoms with Crippen molar-refractivity contribution in [3.8, 4) is 0 Å². The fourth-order valence-electron chi connectivity index (χ4n) is 0.265. The van der Waals surface area contributed by atoms with Crippen molar-refractivity contribution in [3.05, 3.63) is 0 Å². The summed E-state index contributed by atoms with van der Waals surface area (Å²) in [7, 11) is 0. The van der Waals surface area contributed by atoms with Crippen LogP contribution in [0.5, 0.6) is 0 Å². The molecule has 0 spiro atoms. The van der Waals surface area contributed by atoms with Crippen LogP contribution in [0, 0.1) is 0 Å². The number of esters is 1. The number of hydrogen-bond acceptors (Lipinski definition) is 4. The monoisotopic (exact) mass is 116 g/mol. The van der Waals surface area contributed by atoms with Gasteiger partial charge in [0.15, 0.2) is 0 Å². The fraction of sp³-hybridized carbons (Fsp3) is 0.500. The Morgan fingerprint density at radius 2 is 2.50 bits per heavy atom. The van der Waals surface area contributed by atoms with Crippen LogP contribution < -0.4 is 0 Å². The molecule has 0 aromatic heterocycles. The topological polar surface area (TPSA) is 55.9 Å². The molecular weight excluding hydrogens is 112 g/mol. The zero-order chi connectivity index (χ0) is 5.98.